The van der Waals surface area contributed by atoms with Crippen LogP contribution in [0.15, 0.2) is 10.9 Å². The van der Waals surface area contributed by atoms with E-state index >= 15 is 0 Å². The number of aromatic nitrogens is 1. The van der Waals surface area contributed by atoms with Gasteiger partial charge in [0.1, 0.15) is 0 Å². The fourth-order valence-corrected chi connectivity index (χ4v) is 1.41. The van der Waals surface area contributed by atoms with Crippen molar-refractivity contribution in [3.05, 3.63) is 16.6 Å². The monoisotopic (exact) mass is 185 g/mol. The van der Waals surface area contributed by atoms with E-state index in [1.54, 1.807) is 11.3 Å². The second-order valence-corrected chi connectivity index (χ2v) is 3.50. The minimum absolute atomic E-state index is 0.267. The number of nitrogens with zero attached hydrogens (tertiary/aromatic N) is 1. The summed E-state index contributed by atoms with van der Waals surface area (Å²) in [6.07, 6.45) is 1.02. The average Bonchev–Trinajstić information content (AvgIpc) is 2.57. The Bertz CT molecular complexity index is 198. The number of hydrogen-bond acceptors (Lipinski definition) is 4. The molecule has 0 amide bonds. The van der Waals surface area contributed by atoms with Gasteiger partial charge in [-0.2, -0.15) is 0 Å². The molecular formula is C8H15N3S. The van der Waals surface area contributed by atoms with E-state index < -0.39 is 0 Å². The first-order valence-corrected chi connectivity index (χ1v) is 5.10. The number of hydrogen-bond donors (Lipinski definition) is 2. The van der Waals surface area contributed by atoms with E-state index in [0.29, 0.717) is 0 Å². The maximum Gasteiger partial charge on any atom is 0.0795 e. The van der Waals surface area contributed by atoms with Crippen LogP contribution in [0.3, 0.4) is 0 Å². The maximum atomic E-state index is 5.73. The van der Waals surface area contributed by atoms with Crippen molar-refractivity contribution in [2.45, 2.75) is 25.9 Å². The second-order valence-electron chi connectivity index (χ2n) is 2.78. The van der Waals surface area contributed by atoms with Gasteiger partial charge in [0.25, 0.3) is 0 Å². The highest BCUT2D eigenvalue weighted by molar-refractivity contribution is 7.07. The zero-order valence-electron chi connectivity index (χ0n) is 7.29. The molecule has 3 nitrogen and oxygen atoms in total. The minimum atomic E-state index is 0.267. The van der Waals surface area contributed by atoms with Crippen LogP contribution >= 0.6 is 11.3 Å². The van der Waals surface area contributed by atoms with Gasteiger partial charge < -0.3 is 11.1 Å². The molecule has 0 aliphatic rings. The first kappa shape index (κ1) is 9.64. The molecule has 0 aliphatic heterocycles. The van der Waals surface area contributed by atoms with E-state index in [-0.39, 0.29) is 6.04 Å². The second kappa shape index (κ2) is 5.24. The molecule has 1 aromatic heterocycles. The number of thiazole rings is 1. The zero-order valence-corrected chi connectivity index (χ0v) is 8.10. The van der Waals surface area contributed by atoms with E-state index in [2.05, 4.69) is 17.2 Å². The molecule has 1 unspecified atom stereocenters. The van der Waals surface area contributed by atoms with Crippen molar-refractivity contribution in [3.8, 4) is 0 Å². The summed E-state index contributed by atoms with van der Waals surface area (Å²) in [5.74, 6) is 0. The third-order valence-corrected chi connectivity index (χ3v) is 2.36. The van der Waals surface area contributed by atoms with E-state index in [1.165, 1.54) is 0 Å². The zero-order chi connectivity index (χ0) is 8.81. The van der Waals surface area contributed by atoms with Crippen LogP contribution in [0.25, 0.3) is 0 Å². The molecule has 1 aromatic rings. The first-order valence-electron chi connectivity index (χ1n) is 4.16. The predicted octanol–water partition coefficient (Wildman–Crippen LogP) is 0.970. The standard InChI is InChI=1S/C8H15N3S/c1-2-7(9)3-10-4-8-5-12-6-11-8/h5-7,10H,2-4,9H2,1H3. The molecule has 12 heavy (non-hydrogen) atoms. The fourth-order valence-electron chi connectivity index (χ4n) is 0.855. The van der Waals surface area contributed by atoms with Gasteiger partial charge in [-0.1, -0.05) is 6.92 Å². The van der Waals surface area contributed by atoms with Crippen LogP contribution in [0.2, 0.25) is 0 Å². The van der Waals surface area contributed by atoms with Crippen molar-refractivity contribution in [3.63, 3.8) is 0 Å². The molecular weight excluding hydrogens is 170 g/mol. The third-order valence-electron chi connectivity index (χ3n) is 1.72. The lowest BCUT2D eigenvalue weighted by molar-refractivity contribution is 0.560. The molecule has 0 saturated heterocycles. The Balaban J connectivity index is 2.11. The molecule has 0 aliphatic carbocycles. The summed E-state index contributed by atoms with van der Waals surface area (Å²) in [6, 6.07) is 0.267. The van der Waals surface area contributed by atoms with Crippen molar-refractivity contribution in [1.82, 2.24) is 10.3 Å². The summed E-state index contributed by atoms with van der Waals surface area (Å²) < 4.78 is 0. The summed E-state index contributed by atoms with van der Waals surface area (Å²) in [4.78, 5) is 4.15. The Morgan fingerprint density at radius 1 is 1.75 bits per heavy atom. The van der Waals surface area contributed by atoms with Gasteiger partial charge in [-0.3, -0.25) is 0 Å². The summed E-state index contributed by atoms with van der Waals surface area (Å²) >= 11 is 1.62. The molecule has 0 radical (unpaired) electrons. The molecule has 1 atom stereocenters. The lowest BCUT2D eigenvalue weighted by atomic mass is 10.2. The third kappa shape index (κ3) is 3.30. The van der Waals surface area contributed by atoms with Gasteiger partial charge in [0.15, 0.2) is 0 Å². The van der Waals surface area contributed by atoms with Crippen LogP contribution < -0.4 is 11.1 Å². The molecule has 0 fully saturated rings. The predicted molar refractivity (Wildman–Crippen MR) is 52.1 cm³/mol. The van der Waals surface area contributed by atoms with Crippen molar-refractivity contribution in [2.24, 2.45) is 5.73 Å². The number of rotatable bonds is 5. The summed E-state index contributed by atoms with van der Waals surface area (Å²) in [5, 5.41) is 5.30. The average molecular weight is 185 g/mol. The van der Waals surface area contributed by atoms with Crippen LogP contribution in [-0.2, 0) is 6.54 Å². The van der Waals surface area contributed by atoms with Crippen LogP contribution in [0.1, 0.15) is 19.0 Å². The van der Waals surface area contributed by atoms with Gasteiger partial charge in [0, 0.05) is 24.5 Å². The number of nitrogens with one attached hydrogen (secondary N) is 1. The van der Waals surface area contributed by atoms with Gasteiger partial charge in [0.05, 0.1) is 11.2 Å². The van der Waals surface area contributed by atoms with E-state index in [9.17, 15) is 0 Å². The van der Waals surface area contributed by atoms with Crippen molar-refractivity contribution in [1.29, 1.82) is 0 Å². The molecule has 4 heteroatoms. The fraction of sp³-hybridized carbons (Fsp3) is 0.625. The Labute approximate surface area is 77.0 Å². The lowest BCUT2D eigenvalue weighted by Gasteiger charge is -2.08. The van der Waals surface area contributed by atoms with Crippen molar-refractivity contribution >= 4 is 11.3 Å². The normalized spacial score (nSPS) is 13.2. The molecule has 0 saturated carbocycles. The van der Waals surface area contributed by atoms with Gasteiger partial charge in [-0.25, -0.2) is 4.98 Å². The van der Waals surface area contributed by atoms with Crippen molar-refractivity contribution < 1.29 is 0 Å². The molecule has 3 N–H and O–H groups in total. The van der Waals surface area contributed by atoms with Gasteiger partial charge >= 0.3 is 0 Å². The highest BCUT2D eigenvalue weighted by Gasteiger charge is 1.98. The van der Waals surface area contributed by atoms with Crippen LogP contribution in [0, 0.1) is 0 Å². The highest BCUT2D eigenvalue weighted by atomic mass is 32.1. The quantitative estimate of drug-likeness (QED) is 0.718. The molecule has 0 bridgehead atoms. The molecule has 1 rings (SSSR count). The van der Waals surface area contributed by atoms with Gasteiger partial charge in [-0.05, 0) is 6.42 Å². The molecule has 1 heterocycles. The Morgan fingerprint density at radius 3 is 3.17 bits per heavy atom. The molecule has 0 aromatic carbocycles. The highest BCUT2D eigenvalue weighted by Crippen LogP contribution is 1.99. The van der Waals surface area contributed by atoms with Crippen molar-refractivity contribution in [2.75, 3.05) is 6.54 Å². The molecule has 68 valence electrons. The Hall–Kier alpha value is -0.450. The summed E-state index contributed by atoms with van der Waals surface area (Å²) in [5.41, 5.74) is 8.68. The minimum Gasteiger partial charge on any atom is -0.327 e. The van der Waals surface area contributed by atoms with Crippen LogP contribution in [0.5, 0.6) is 0 Å². The van der Waals surface area contributed by atoms with Gasteiger partial charge in [-0.15, -0.1) is 11.3 Å². The first-order chi connectivity index (χ1) is 5.83. The summed E-state index contributed by atoms with van der Waals surface area (Å²) in [7, 11) is 0. The van der Waals surface area contributed by atoms with Crippen LogP contribution in [-0.4, -0.2) is 17.6 Å². The Morgan fingerprint density at radius 2 is 2.58 bits per heavy atom. The lowest BCUT2D eigenvalue weighted by Crippen LogP contribution is -2.32. The van der Waals surface area contributed by atoms with E-state index in [0.717, 1.165) is 25.2 Å². The van der Waals surface area contributed by atoms with Crippen LogP contribution in [0.4, 0.5) is 0 Å². The van der Waals surface area contributed by atoms with E-state index in [1.807, 2.05) is 10.9 Å². The van der Waals surface area contributed by atoms with E-state index in [4.69, 9.17) is 5.73 Å². The van der Waals surface area contributed by atoms with Gasteiger partial charge in [0.2, 0.25) is 0 Å². The SMILES string of the molecule is CCC(N)CNCc1cscn1. The number of nitrogens with two attached hydrogens (primary N) is 1. The maximum absolute atomic E-state index is 5.73. The Kier molecular flexibility index (Phi) is 4.21. The molecule has 0 spiro atoms. The largest absolute Gasteiger partial charge is 0.327 e. The summed E-state index contributed by atoms with van der Waals surface area (Å²) in [6.45, 7) is 3.79. The smallest absolute Gasteiger partial charge is 0.0795 e. The topological polar surface area (TPSA) is 50.9 Å².